The van der Waals surface area contributed by atoms with Crippen LogP contribution >= 0.6 is 0 Å². The highest BCUT2D eigenvalue weighted by molar-refractivity contribution is 5.59. The monoisotopic (exact) mass is 285 g/mol. The van der Waals surface area contributed by atoms with Crippen LogP contribution in [0.25, 0.3) is 0 Å². The smallest absolute Gasteiger partial charge is 0.141 e. The Hall–Kier alpha value is -2.07. The van der Waals surface area contributed by atoms with Gasteiger partial charge in [0, 0.05) is 12.7 Å². The van der Waals surface area contributed by atoms with E-state index in [0.29, 0.717) is 0 Å². The number of benzene rings is 1. The summed E-state index contributed by atoms with van der Waals surface area (Å²) in [5.74, 6) is 0.847. The second-order valence-corrected chi connectivity index (χ2v) is 5.39. The summed E-state index contributed by atoms with van der Waals surface area (Å²) in [7, 11) is 5.82. The summed E-state index contributed by atoms with van der Waals surface area (Å²) in [6.45, 7) is 3.00. The zero-order valence-corrected chi connectivity index (χ0v) is 13.1. The summed E-state index contributed by atoms with van der Waals surface area (Å²) in [6, 6.07) is 12.3. The first kappa shape index (κ1) is 15.3. The minimum atomic E-state index is 0.120. The van der Waals surface area contributed by atoms with Crippen molar-refractivity contribution in [3.8, 4) is 5.75 Å². The fourth-order valence-corrected chi connectivity index (χ4v) is 2.27. The zero-order chi connectivity index (χ0) is 15.2. The number of anilines is 1. The van der Waals surface area contributed by atoms with E-state index in [0.717, 1.165) is 23.7 Å². The number of ether oxygens (including phenoxy) is 1. The molecule has 0 aliphatic heterocycles. The average molecular weight is 285 g/mol. The van der Waals surface area contributed by atoms with Crippen LogP contribution in [-0.4, -0.2) is 31.1 Å². The van der Waals surface area contributed by atoms with E-state index in [4.69, 9.17) is 4.74 Å². The Bertz CT molecular complexity index is 570. The Balaban J connectivity index is 2.21. The maximum Gasteiger partial charge on any atom is 0.141 e. The topological polar surface area (TPSA) is 37.4 Å². The van der Waals surface area contributed by atoms with Crippen LogP contribution in [0.5, 0.6) is 5.75 Å². The van der Waals surface area contributed by atoms with Gasteiger partial charge in [-0.3, -0.25) is 4.98 Å². The van der Waals surface area contributed by atoms with E-state index in [1.165, 1.54) is 5.56 Å². The molecule has 0 amide bonds. The highest BCUT2D eigenvalue weighted by atomic mass is 16.5. The molecule has 0 aliphatic rings. The molecule has 4 heteroatoms. The van der Waals surface area contributed by atoms with E-state index in [-0.39, 0.29) is 6.04 Å². The lowest BCUT2D eigenvalue weighted by molar-refractivity contribution is 0.400. The molecule has 0 saturated heterocycles. The molecule has 2 aromatic rings. The molecule has 0 fully saturated rings. The Morgan fingerprint density at radius 3 is 2.67 bits per heavy atom. The fourth-order valence-electron chi connectivity index (χ4n) is 2.27. The second-order valence-electron chi connectivity index (χ2n) is 5.39. The summed E-state index contributed by atoms with van der Waals surface area (Å²) in [6.07, 6.45) is 1.81. The number of pyridine rings is 1. The van der Waals surface area contributed by atoms with Gasteiger partial charge in [0.2, 0.25) is 0 Å². The van der Waals surface area contributed by atoms with Gasteiger partial charge >= 0.3 is 0 Å². The highest BCUT2D eigenvalue weighted by Gasteiger charge is 2.10. The number of methoxy groups -OCH3 is 1. The highest BCUT2D eigenvalue weighted by Crippen LogP contribution is 2.29. The first-order chi connectivity index (χ1) is 10.1. The fraction of sp³-hybridized carbons (Fsp3) is 0.353. The van der Waals surface area contributed by atoms with Crippen molar-refractivity contribution in [2.24, 2.45) is 0 Å². The maximum absolute atomic E-state index is 5.45. The molecule has 0 bridgehead atoms. The normalized spacial score (nSPS) is 12.2. The molecule has 1 N–H and O–H groups in total. The van der Waals surface area contributed by atoms with Gasteiger partial charge in [0.05, 0.1) is 24.5 Å². The Morgan fingerprint density at radius 1 is 1.24 bits per heavy atom. The van der Waals surface area contributed by atoms with Gasteiger partial charge in [-0.15, -0.1) is 0 Å². The van der Waals surface area contributed by atoms with E-state index in [1.54, 1.807) is 7.11 Å². The molecule has 1 unspecified atom stereocenters. The van der Waals surface area contributed by atoms with Crippen molar-refractivity contribution in [3.05, 3.63) is 53.9 Å². The van der Waals surface area contributed by atoms with Crippen molar-refractivity contribution < 1.29 is 4.74 Å². The standard InChI is InChI=1S/C17H23N3O/c1-13(15-7-5-6-10-18-15)19-16-11-14(12-20(2)3)8-9-17(16)21-4/h5-11,13,19H,12H2,1-4H3. The number of hydrogen-bond donors (Lipinski definition) is 1. The van der Waals surface area contributed by atoms with Gasteiger partial charge < -0.3 is 15.0 Å². The van der Waals surface area contributed by atoms with Gasteiger partial charge in [-0.1, -0.05) is 12.1 Å². The molecule has 0 radical (unpaired) electrons. The van der Waals surface area contributed by atoms with Gasteiger partial charge in [0.15, 0.2) is 0 Å². The Kier molecular flexibility index (Phi) is 5.17. The zero-order valence-electron chi connectivity index (χ0n) is 13.1. The lowest BCUT2D eigenvalue weighted by Crippen LogP contribution is -2.12. The third-order valence-electron chi connectivity index (χ3n) is 3.27. The summed E-state index contributed by atoms with van der Waals surface area (Å²) in [5, 5.41) is 3.49. The minimum Gasteiger partial charge on any atom is -0.495 e. The number of rotatable bonds is 6. The largest absolute Gasteiger partial charge is 0.495 e. The second kappa shape index (κ2) is 7.09. The van der Waals surface area contributed by atoms with Crippen molar-refractivity contribution >= 4 is 5.69 Å². The number of aromatic nitrogens is 1. The van der Waals surface area contributed by atoms with Crippen molar-refractivity contribution in [2.75, 3.05) is 26.5 Å². The molecule has 21 heavy (non-hydrogen) atoms. The lowest BCUT2D eigenvalue weighted by atomic mass is 10.1. The molecular formula is C17H23N3O. The van der Waals surface area contributed by atoms with E-state index < -0.39 is 0 Å². The molecule has 0 spiro atoms. The molecule has 0 saturated carbocycles. The molecule has 1 atom stereocenters. The Labute approximate surface area is 126 Å². The quantitative estimate of drug-likeness (QED) is 0.883. The van der Waals surface area contributed by atoms with Gasteiger partial charge in [-0.25, -0.2) is 0 Å². The molecular weight excluding hydrogens is 262 g/mol. The van der Waals surface area contributed by atoms with Crippen LogP contribution in [0, 0.1) is 0 Å². The van der Waals surface area contributed by atoms with Crippen LogP contribution in [0.1, 0.15) is 24.2 Å². The average Bonchev–Trinajstić information content (AvgIpc) is 2.48. The van der Waals surface area contributed by atoms with Crippen LogP contribution in [-0.2, 0) is 6.54 Å². The van der Waals surface area contributed by atoms with E-state index in [1.807, 2.05) is 30.5 Å². The number of hydrogen-bond acceptors (Lipinski definition) is 4. The van der Waals surface area contributed by atoms with Crippen LogP contribution in [0.2, 0.25) is 0 Å². The summed E-state index contributed by atoms with van der Waals surface area (Å²) in [4.78, 5) is 6.54. The van der Waals surface area contributed by atoms with E-state index >= 15 is 0 Å². The third-order valence-corrected chi connectivity index (χ3v) is 3.27. The van der Waals surface area contributed by atoms with E-state index in [9.17, 15) is 0 Å². The Morgan fingerprint density at radius 2 is 2.05 bits per heavy atom. The molecule has 1 aromatic heterocycles. The van der Waals surface area contributed by atoms with E-state index in [2.05, 4.69) is 48.4 Å². The summed E-state index contributed by atoms with van der Waals surface area (Å²) in [5.41, 5.74) is 3.25. The van der Waals surface area contributed by atoms with Crippen LogP contribution in [0.15, 0.2) is 42.6 Å². The predicted molar refractivity (Wildman–Crippen MR) is 86.7 cm³/mol. The number of nitrogens with one attached hydrogen (secondary N) is 1. The summed E-state index contributed by atoms with van der Waals surface area (Å²) < 4.78 is 5.45. The molecule has 1 heterocycles. The van der Waals surface area contributed by atoms with Crippen LogP contribution < -0.4 is 10.1 Å². The van der Waals surface area contributed by atoms with Crippen LogP contribution in [0.4, 0.5) is 5.69 Å². The molecule has 2 rings (SSSR count). The van der Waals surface area contributed by atoms with Gasteiger partial charge in [0.1, 0.15) is 5.75 Å². The number of nitrogens with zero attached hydrogens (tertiary/aromatic N) is 2. The van der Waals surface area contributed by atoms with Crippen LogP contribution in [0.3, 0.4) is 0 Å². The molecule has 1 aromatic carbocycles. The van der Waals surface area contributed by atoms with Gasteiger partial charge in [-0.05, 0) is 50.8 Å². The third kappa shape index (κ3) is 4.20. The molecule has 4 nitrogen and oxygen atoms in total. The SMILES string of the molecule is COc1ccc(CN(C)C)cc1NC(C)c1ccccn1. The van der Waals surface area contributed by atoms with Crippen molar-refractivity contribution in [2.45, 2.75) is 19.5 Å². The van der Waals surface area contributed by atoms with Gasteiger partial charge in [-0.2, -0.15) is 0 Å². The van der Waals surface area contributed by atoms with Crippen molar-refractivity contribution in [3.63, 3.8) is 0 Å². The minimum absolute atomic E-state index is 0.120. The summed E-state index contributed by atoms with van der Waals surface area (Å²) >= 11 is 0. The molecule has 112 valence electrons. The van der Waals surface area contributed by atoms with Crippen molar-refractivity contribution in [1.29, 1.82) is 0 Å². The molecule has 0 aliphatic carbocycles. The lowest BCUT2D eigenvalue weighted by Gasteiger charge is -2.19. The predicted octanol–water partition coefficient (Wildman–Crippen LogP) is 3.32. The first-order valence-corrected chi connectivity index (χ1v) is 7.09. The first-order valence-electron chi connectivity index (χ1n) is 7.09. The van der Waals surface area contributed by atoms with Gasteiger partial charge in [0.25, 0.3) is 0 Å². The van der Waals surface area contributed by atoms with Crippen molar-refractivity contribution in [1.82, 2.24) is 9.88 Å². The maximum atomic E-state index is 5.45.